The molecule has 0 saturated carbocycles. The van der Waals surface area contributed by atoms with Crippen molar-refractivity contribution in [3.63, 3.8) is 0 Å². The van der Waals surface area contributed by atoms with Gasteiger partial charge in [-0.05, 0) is 37.5 Å². The van der Waals surface area contributed by atoms with Gasteiger partial charge < -0.3 is 14.8 Å². The first kappa shape index (κ1) is 18.9. The average Bonchev–Trinajstić information content (AvgIpc) is 3.27. The van der Waals surface area contributed by atoms with Crippen molar-refractivity contribution in [2.24, 2.45) is 0 Å². The fourth-order valence-electron chi connectivity index (χ4n) is 4.17. The summed E-state index contributed by atoms with van der Waals surface area (Å²) in [4.78, 5) is 25.9. The first-order chi connectivity index (χ1) is 13.4. The Balaban J connectivity index is 1.87. The van der Waals surface area contributed by atoms with Gasteiger partial charge in [0.15, 0.2) is 0 Å². The number of sulfonamides is 1. The number of amides is 1. The van der Waals surface area contributed by atoms with Crippen LogP contribution in [0.3, 0.4) is 0 Å². The van der Waals surface area contributed by atoms with Crippen LogP contribution in [-0.4, -0.2) is 43.7 Å². The van der Waals surface area contributed by atoms with Crippen LogP contribution in [0.4, 0.5) is 5.69 Å². The number of carboxylic acids is 1. The Bertz CT molecular complexity index is 1080. The minimum atomic E-state index is -4.03. The molecular formula is C20H21N2O5S-. The highest BCUT2D eigenvalue weighted by Crippen LogP contribution is 2.41. The number of benzene rings is 2. The molecule has 0 aliphatic carbocycles. The van der Waals surface area contributed by atoms with Gasteiger partial charge in [0.2, 0.25) is 10.0 Å². The van der Waals surface area contributed by atoms with Crippen LogP contribution in [0, 0.1) is 0 Å². The molecule has 0 aromatic heterocycles. The van der Waals surface area contributed by atoms with E-state index in [1.807, 2.05) is 6.92 Å². The third-order valence-electron chi connectivity index (χ3n) is 5.54. The lowest BCUT2D eigenvalue weighted by atomic mass is 10.1. The van der Waals surface area contributed by atoms with Gasteiger partial charge >= 0.3 is 0 Å². The molecular weight excluding hydrogens is 380 g/mol. The fourth-order valence-corrected chi connectivity index (χ4v) is 6.01. The molecule has 0 spiro atoms. The van der Waals surface area contributed by atoms with Crippen molar-refractivity contribution in [2.75, 3.05) is 18.0 Å². The number of hydrogen-bond donors (Lipinski definition) is 0. The monoisotopic (exact) mass is 401 g/mol. The second-order valence-electron chi connectivity index (χ2n) is 7.21. The molecule has 7 nitrogen and oxygen atoms in total. The molecule has 0 radical (unpaired) electrons. The molecule has 2 heterocycles. The van der Waals surface area contributed by atoms with Crippen LogP contribution >= 0.6 is 0 Å². The summed E-state index contributed by atoms with van der Waals surface area (Å²) in [6.07, 6.45) is 2.51. The number of carbonyl (C=O) groups is 2. The van der Waals surface area contributed by atoms with Crippen LogP contribution in [0.2, 0.25) is 0 Å². The highest BCUT2D eigenvalue weighted by molar-refractivity contribution is 7.89. The van der Waals surface area contributed by atoms with E-state index in [4.69, 9.17) is 0 Å². The second kappa shape index (κ2) is 6.86. The Morgan fingerprint density at radius 3 is 2.75 bits per heavy atom. The Kier molecular flexibility index (Phi) is 4.63. The normalized spacial score (nSPS) is 19.7. The molecule has 0 bridgehead atoms. The van der Waals surface area contributed by atoms with E-state index in [1.165, 1.54) is 6.07 Å². The summed E-state index contributed by atoms with van der Waals surface area (Å²) < 4.78 is 27.6. The molecule has 148 valence electrons. The van der Waals surface area contributed by atoms with E-state index in [0.29, 0.717) is 35.0 Å². The van der Waals surface area contributed by atoms with Gasteiger partial charge in [0.25, 0.3) is 5.91 Å². The summed E-state index contributed by atoms with van der Waals surface area (Å²) in [6, 6.07) is 7.03. The smallest absolute Gasteiger partial charge is 0.258 e. The van der Waals surface area contributed by atoms with Gasteiger partial charge in [-0.15, -0.1) is 0 Å². The first-order valence-corrected chi connectivity index (χ1v) is 10.9. The Hall–Kier alpha value is -2.45. The molecule has 1 fully saturated rings. The number of aliphatic carboxylic acids is 1. The molecule has 1 atom stereocenters. The van der Waals surface area contributed by atoms with E-state index in [9.17, 15) is 23.1 Å². The van der Waals surface area contributed by atoms with E-state index >= 15 is 0 Å². The lowest BCUT2D eigenvalue weighted by Crippen LogP contribution is -2.46. The third kappa shape index (κ3) is 2.70. The summed E-state index contributed by atoms with van der Waals surface area (Å²) in [5, 5.41) is 12.5. The number of anilines is 1. The van der Waals surface area contributed by atoms with Gasteiger partial charge in [0.1, 0.15) is 0 Å². The molecule has 2 aromatic rings. The standard InChI is InChI=1S/C20H22N2O5S/c1-2-3-11-21-15-9-10-17(13-6-4-7-14(18(13)15)19(21)23)28(26,27)22-12-5-8-16(22)20(24)25/h4,6-7,9-10,16H,2-3,5,8,11-12H2,1H3,(H,24,25)/p-1/t16-/m1/s1. The van der Waals surface area contributed by atoms with Crippen molar-refractivity contribution in [1.82, 2.24) is 4.31 Å². The Morgan fingerprint density at radius 2 is 2.04 bits per heavy atom. The number of carbonyl (C=O) groups excluding carboxylic acids is 2. The molecule has 4 rings (SSSR count). The Morgan fingerprint density at radius 1 is 1.25 bits per heavy atom. The molecule has 0 N–H and O–H groups in total. The largest absolute Gasteiger partial charge is 0.548 e. The van der Waals surface area contributed by atoms with E-state index in [0.717, 1.165) is 17.1 Å². The SMILES string of the molecule is CCCCN1C(=O)c2cccc3c(S(=O)(=O)N4CCC[C@@H]4C(=O)[O-])ccc1c23. The third-order valence-corrected chi connectivity index (χ3v) is 7.51. The molecule has 8 heteroatoms. The van der Waals surface area contributed by atoms with Crippen molar-refractivity contribution < 1.29 is 23.1 Å². The number of carboxylic acid groups (broad SMARTS) is 1. The predicted molar refractivity (Wildman–Crippen MR) is 102 cm³/mol. The topological polar surface area (TPSA) is 97.8 Å². The first-order valence-electron chi connectivity index (χ1n) is 9.48. The molecule has 0 unspecified atom stereocenters. The van der Waals surface area contributed by atoms with E-state index in [-0.39, 0.29) is 23.8 Å². The fraction of sp³-hybridized carbons (Fsp3) is 0.400. The maximum absolute atomic E-state index is 13.3. The maximum Gasteiger partial charge on any atom is 0.258 e. The van der Waals surface area contributed by atoms with Gasteiger partial charge in [0.05, 0.1) is 22.6 Å². The summed E-state index contributed by atoms with van der Waals surface area (Å²) >= 11 is 0. The van der Waals surface area contributed by atoms with Gasteiger partial charge in [-0.25, -0.2) is 8.42 Å². The Labute approximate surface area is 163 Å². The van der Waals surface area contributed by atoms with Crippen LogP contribution in [-0.2, 0) is 14.8 Å². The summed E-state index contributed by atoms with van der Waals surface area (Å²) in [6.45, 7) is 2.76. The number of hydrogen-bond acceptors (Lipinski definition) is 5. The summed E-state index contributed by atoms with van der Waals surface area (Å²) in [5.74, 6) is -1.51. The molecule has 2 aliphatic heterocycles. The van der Waals surface area contributed by atoms with Gasteiger partial charge in [0, 0.05) is 29.4 Å². The summed E-state index contributed by atoms with van der Waals surface area (Å²) in [7, 11) is -4.03. The van der Waals surface area contributed by atoms with Crippen LogP contribution in [0.15, 0.2) is 35.2 Å². The van der Waals surface area contributed by atoms with E-state index in [2.05, 4.69) is 0 Å². The van der Waals surface area contributed by atoms with E-state index < -0.39 is 22.0 Å². The van der Waals surface area contributed by atoms with Crippen molar-refractivity contribution in [2.45, 2.75) is 43.5 Å². The maximum atomic E-state index is 13.3. The summed E-state index contributed by atoms with van der Waals surface area (Å²) in [5.41, 5.74) is 1.19. The number of rotatable bonds is 6. The molecule has 1 saturated heterocycles. The highest BCUT2D eigenvalue weighted by Gasteiger charge is 2.38. The zero-order valence-corrected chi connectivity index (χ0v) is 16.4. The van der Waals surface area contributed by atoms with Crippen molar-refractivity contribution in [3.05, 3.63) is 35.9 Å². The van der Waals surface area contributed by atoms with Gasteiger partial charge in [-0.1, -0.05) is 25.5 Å². The second-order valence-corrected chi connectivity index (χ2v) is 9.07. The highest BCUT2D eigenvalue weighted by atomic mass is 32.2. The minimum Gasteiger partial charge on any atom is -0.548 e. The average molecular weight is 401 g/mol. The van der Waals surface area contributed by atoms with Crippen molar-refractivity contribution in [3.8, 4) is 0 Å². The minimum absolute atomic E-state index is 0.0337. The van der Waals surface area contributed by atoms with Crippen molar-refractivity contribution in [1.29, 1.82) is 0 Å². The number of unbranched alkanes of at least 4 members (excludes halogenated alkanes) is 1. The molecule has 28 heavy (non-hydrogen) atoms. The number of nitrogens with zero attached hydrogens (tertiary/aromatic N) is 2. The quantitative estimate of drug-likeness (QED) is 0.731. The predicted octanol–water partition coefficient (Wildman–Crippen LogP) is 1.50. The van der Waals surface area contributed by atoms with Gasteiger partial charge in [-0.3, -0.25) is 4.79 Å². The molecule has 2 aromatic carbocycles. The van der Waals surface area contributed by atoms with Crippen LogP contribution in [0.5, 0.6) is 0 Å². The van der Waals surface area contributed by atoms with Crippen LogP contribution < -0.4 is 10.0 Å². The van der Waals surface area contributed by atoms with E-state index in [1.54, 1.807) is 29.2 Å². The lowest BCUT2D eigenvalue weighted by Gasteiger charge is -2.25. The molecule has 2 aliphatic rings. The van der Waals surface area contributed by atoms with Crippen LogP contribution in [0.1, 0.15) is 43.0 Å². The molecule has 1 amide bonds. The van der Waals surface area contributed by atoms with Crippen LogP contribution in [0.25, 0.3) is 10.8 Å². The van der Waals surface area contributed by atoms with Gasteiger partial charge in [-0.2, -0.15) is 4.31 Å². The van der Waals surface area contributed by atoms with Crippen molar-refractivity contribution >= 4 is 38.4 Å². The lowest BCUT2D eigenvalue weighted by molar-refractivity contribution is -0.309. The zero-order chi connectivity index (χ0) is 20.1. The zero-order valence-electron chi connectivity index (χ0n) is 15.6.